The molecule has 1 aliphatic rings. The van der Waals surface area contributed by atoms with Crippen molar-refractivity contribution in [3.8, 4) is 0 Å². The van der Waals surface area contributed by atoms with Crippen LogP contribution in [0, 0.1) is 0 Å². The third kappa shape index (κ3) is 4.32. The Bertz CT molecular complexity index is 606. The molecule has 5 atom stereocenters. The lowest BCUT2D eigenvalue weighted by atomic mass is 9.90. The average molecular weight is 403 g/mol. The molecule has 1 aromatic rings. The summed E-state index contributed by atoms with van der Waals surface area (Å²) >= 11 is 3.33. The number of esters is 2. The van der Waals surface area contributed by atoms with Crippen molar-refractivity contribution in [1.29, 1.82) is 0 Å². The number of methoxy groups -OCH3 is 1. The molecule has 0 saturated carbocycles. The van der Waals surface area contributed by atoms with Crippen molar-refractivity contribution >= 4 is 27.9 Å². The number of benzene rings is 1. The van der Waals surface area contributed by atoms with Gasteiger partial charge in [-0.1, -0.05) is 28.1 Å². The SMILES string of the molecule is COC(=O)C[C@H]1O[C@H](c2cccc(Br)c2)[C@@H](O)[C@@H](O)[C@@H]1OC(C)=O. The van der Waals surface area contributed by atoms with Gasteiger partial charge in [0.25, 0.3) is 0 Å². The zero-order valence-corrected chi connectivity index (χ0v) is 14.8. The number of carbonyl (C=O) groups is 2. The van der Waals surface area contributed by atoms with Gasteiger partial charge >= 0.3 is 11.9 Å². The Labute approximate surface area is 147 Å². The molecule has 1 aliphatic heterocycles. The number of aliphatic hydroxyl groups is 2. The van der Waals surface area contributed by atoms with Gasteiger partial charge in [0.2, 0.25) is 0 Å². The van der Waals surface area contributed by atoms with Gasteiger partial charge < -0.3 is 24.4 Å². The van der Waals surface area contributed by atoms with Gasteiger partial charge in [0, 0.05) is 11.4 Å². The van der Waals surface area contributed by atoms with E-state index in [1.165, 1.54) is 14.0 Å². The Morgan fingerprint density at radius 3 is 2.58 bits per heavy atom. The maximum atomic E-state index is 11.6. The Kier molecular flexibility index (Phi) is 6.34. The zero-order valence-electron chi connectivity index (χ0n) is 13.2. The first-order valence-corrected chi connectivity index (χ1v) is 8.14. The Balaban J connectivity index is 2.29. The smallest absolute Gasteiger partial charge is 0.308 e. The van der Waals surface area contributed by atoms with E-state index < -0.39 is 42.5 Å². The fourth-order valence-corrected chi connectivity index (χ4v) is 3.06. The van der Waals surface area contributed by atoms with E-state index in [9.17, 15) is 19.8 Å². The van der Waals surface area contributed by atoms with Crippen molar-refractivity contribution in [1.82, 2.24) is 0 Å². The summed E-state index contributed by atoms with van der Waals surface area (Å²) in [6.45, 7) is 1.18. The van der Waals surface area contributed by atoms with Crippen LogP contribution in [-0.2, 0) is 23.8 Å². The van der Waals surface area contributed by atoms with E-state index in [1.807, 2.05) is 6.07 Å². The molecule has 8 heteroatoms. The summed E-state index contributed by atoms with van der Waals surface area (Å²) in [4.78, 5) is 22.9. The van der Waals surface area contributed by atoms with Crippen LogP contribution in [0.4, 0.5) is 0 Å². The fourth-order valence-electron chi connectivity index (χ4n) is 2.65. The Morgan fingerprint density at radius 1 is 1.29 bits per heavy atom. The van der Waals surface area contributed by atoms with E-state index >= 15 is 0 Å². The monoisotopic (exact) mass is 402 g/mol. The van der Waals surface area contributed by atoms with Crippen molar-refractivity contribution in [3.63, 3.8) is 0 Å². The van der Waals surface area contributed by atoms with Crippen LogP contribution in [0.5, 0.6) is 0 Å². The molecule has 0 aliphatic carbocycles. The normalized spacial score (nSPS) is 29.8. The molecule has 132 valence electrons. The van der Waals surface area contributed by atoms with Gasteiger partial charge in [-0.25, -0.2) is 0 Å². The maximum absolute atomic E-state index is 11.6. The van der Waals surface area contributed by atoms with Gasteiger partial charge in [-0.3, -0.25) is 9.59 Å². The number of halogens is 1. The summed E-state index contributed by atoms with van der Waals surface area (Å²) in [6.07, 6.45) is -5.93. The number of hydrogen-bond donors (Lipinski definition) is 2. The largest absolute Gasteiger partial charge is 0.469 e. The molecule has 0 radical (unpaired) electrons. The second kappa shape index (κ2) is 8.06. The molecule has 1 heterocycles. The van der Waals surface area contributed by atoms with E-state index in [0.717, 1.165) is 4.47 Å². The second-order valence-electron chi connectivity index (χ2n) is 5.49. The van der Waals surface area contributed by atoms with Crippen LogP contribution >= 0.6 is 15.9 Å². The van der Waals surface area contributed by atoms with E-state index in [2.05, 4.69) is 20.7 Å². The quantitative estimate of drug-likeness (QED) is 0.726. The number of ether oxygens (including phenoxy) is 3. The Morgan fingerprint density at radius 2 is 2.00 bits per heavy atom. The molecule has 0 unspecified atom stereocenters. The standard InChI is InChI=1S/C16H19BrO7/c1-8(18)23-16-11(7-12(19)22-2)24-15(13(20)14(16)21)9-4-3-5-10(17)6-9/h3-6,11,13-16,20-21H,7H2,1-2H3/t11-,13+,14-,15-,16-/m1/s1. The summed E-state index contributed by atoms with van der Waals surface area (Å²) in [5.41, 5.74) is 0.618. The number of aliphatic hydroxyl groups excluding tert-OH is 2. The molecular weight excluding hydrogens is 384 g/mol. The highest BCUT2D eigenvalue weighted by Crippen LogP contribution is 2.35. The highest BCUT2D eigenvalue weighted by molar-refractivity contribution is 9.10. The van der Waals surface area contributed by atoms with Crippen molar-refractivity contribution < 1.29 is 34.0 Å². The van der Waals surface area contributed by atoms with Crippen molar-refractivity contribution in [2.75, 3.05) is 7.11 Å². The van der Waals surface area contributed by atoms with E-state index in [-0.39, 0.29) is 6.42 Å². The first kappa shape index (κ1) is 18.9. The van der Waals surface area contributed by atoms with Crippen molar-refractivity contribution in [2.45, 2.75) is 43.9 Å². The third-order valence-corrected chi connectivity index (χ3v) is 4.25. The van der Waals surface area contributed by atoms with Gasteiger partial charge in [-0.05, 0) is 17.7 Å². The van der Waals surface area contributed by atoms with E-state index in [1.54, 1.807) is 18.2 Å². The molecule has 1 fully saturated rings. The molecular formula is C16H19BrO7. The molecule has 0 spiro atoms. The number of hydrogen-bond acceptors (Lipinski definition) is 7. The minimum atomic E-state index is -1.40. The number of carbonyl (C=O) groups excluding carboxylic acids is 2. The fraction of sp³-hybridized carbons (Fsp3) is 0.500. The summed E-state index contributed by atoms with van der Waals surface area (Å²) in [5, 5.41) is 20.7. The first-order valence-electron chi connectivity index (χ1n) is 7.34. The van der Waals surface area contributed by atoms with Crippen LogP contribution < -0.4 is 0 Å². The summed E-state index contributed by atoms with van der Waals surface area (Å²) < 4.78 is 16.2. The second-order valence-corrected chi connectivity index (χ2v) is 6.40. The number of rotatable bonds is 4. The van der Waals surface area contributed by atoms with Crippen molar-refractivity contribution in [3.05, 3.63) is 34.3 Å². The van der Waals surface area contributed by atoms with Crippen LogP contribution in [0.3, 0.4) is 0 Å². The van der Waals surface area contributed by atoms with Crippen LogP contribution in [0.1, 0.15) is 25.0 Å². The molecule has 0 amide bonds. The molecule has 0 aromatic heterocycles. The Hall–Kier alpha value is -1.48. The van der Waals surface area contributed by atoms with Gasteiger partial charge in [-0.15, -0.1) is 0 Å². The molecule has 7 nitrogen and oxygen atoms in total. The average Bonchev–Trinajstić information content (AvgIpc) is 2.53. The third-order valence-electron chi connectivity index (χ3n) is 3.76. The topological polar surface area (TPSA) is 102 Å². The maximum Gasteiger partial charge on any atom is 0.308 e. The van der Waals surface area contributed by atoms with Crippen LogP contribution in [0.2, 0.25) is 0 Å². The van der Waals surface area contributed by atoms with E-state index in [4.69, 9.17) is 9.47 Å². The van der Waals surface area contributed by atoms with Crippen LogP contribution in [0.15, 0.2) is 28.7 Å². The van der Waals surface area contributed by atoms with Gasteiger partial charge in [0.05, 0.1) is 13.5 Å². The highest BCUT2D eigenvalue weighted by Gasteiger charge is 2.47. The predicted octanol–water partition coefficient (Wildman–Crippen LogP) is 1.11. The lowest BCUT2D eigenvalue weighted by Gasteiger charge is -2.42. The lowest BCUT2D eigenvalue weighted by molar-refractivity contribution is -0.236. The molecule has 2 N–H and O–H groups in total. The molecule has 1 saturated heterocycles. The minimum absolute atomic E-state index is 0.220. The van der Waals surface area contributed by atoms with Gasteiger partial charge in [-0.2, -0.15) is 0 Å². The molecule has 24 heavy (non-hydrogen) atoms. The molecule has 0 bridgehead atoms. The summed E-state index contributed by atoms with van der Waals surface area (Å²) in [6, 6.07) is 7.03. The first-order chi connectivity index (χ1) is 11.3. The lowest BCUT2D eigenvalue weighted by Crippen LogP contribution is -2.56. The predicted molar refractivity (Wildman–Crippen MR) is 86.0 cm³/mol. The summed E-state index contributed by atoms with van der Waals surface area (Å²) in [5.74, 6) is -1.22. The molecule has 1 aromatic carbocycles. The highest BCUT2D eigenvalue weighted by atomic mass is 79.9. The van der Waals surface area contributed by atoms with Crippen LogP contribution in [-0.4, -0.2) is 53.7 Å². The van der Waals surface area contributed by atoms with Crippen molar-refractivity contribution in [2.24, 2.45) is 0 Å². The van der Waals surface area contributed by atoms with E-state index in [0.29, 0.717) is 5.56 Å². The molecule has 2 rings (SSSR count). The van der Waals surface area contributed by atoms with Gasteiger partial charge in [0.1, 0.15) is 24.4 Å². The zero-order chi connectivity index (χ0) is 17.9. The summed E-state index contributed by atoms with van der Waals surface area (Å²) in [7, 11) is 1.23. The minimum Gasteiger partial charge on any atom is -0.469 e. The van der Waals surface area contributed by atoms with Gasteiger partial charge in [0.15, 0.2) is 6.10 Å². The van der Waals surface area contributed by atoms with Crippen LogP contribution in [0.25, 0.3) is 0 Å².